The molecule has 0 aliphatic rings. The van der Waals surface area contributed by atoms with E-state index >= 15 is 0 Å². The van der Waals surface area contributed by atoms with Crippen molar-refractivity contribution in [3.8, 4) is 11.8 Å². The van der Waals surface area contributed by atoms with Crippen molar-refractivity contribution in [2.75, 3.05) is 0 Å². The van der Waals surface area contributed by atoms with Crippen LogP contribution in [-0.2, 0) is 0 Å². The fraction of sp³-hybridized carbons (Fsp3) is 0.222. The predicted molar refractivity (Wildman–Crippen MR) is 49.2 cm³/mol. The number of halogens is 2. The van der Waals surface area contributed by atoms with Crippen LogP contribution >= 0.6 is 0 Å². The number of nitro benzene ring substituents is 1. The smallest absolute Gasteiger partial charge is 0.387 e. The fourth-order valence-corrected chi connectivity index (χ4v) is 1.15. The molecule has 0 aromatic heterocycles. The van der Waals surface area contributed by atoms with Crippen molar-refractivity contribution in [1.82, 2.24) is 0 Å². The lowest BCUT2D eigenvalue weighted by atomic mass is 10.1. The van der Waals surface area contributed by atoms with Gasteiger partial charge < -0.3 is 4.74 Å². The molecule has 0 N–H and O–H groups in total. The highest BCUT2D eigenvalue weighted by Gasteiger charge is 2.18. The van der Waals surface area contributed by atoms with Crippen LogP contribution in [0.3, 0.4) is 0 Å². The van der Waals surface area contributed by atoms with E-state index < -0.39 is 17.3 Å². The SMILES string of the molecule is Cc1cc(C#N)c(OC(F)F)cc1[N+](=O)[O-]. The third-order valence-corrected chi connectivity index (χ3v) is 1.83. The number of alkyl halides is 2. The Kier molecular flexibility index (Phi) is 3.35. The molecule has 1 rings (SSSR count). The topological polar surface area (TPSA) is 76.2 Å². The zero-order chi connectivity index (χ0) is 12.3. The summed E-state index contributed by atoms with van der Waals surface area (Å²) in [5.41, 5.74) is -0.318. The van der Waals surface area contributed by atoms with Crippen molar-refractivity contribution < 1.29 is 18.4 Å². The number of nitrogens with zero attached hydrogens (tertiary/aromatic N) is 2. The number of nitro groups is 1. The van der Waals surface area contributed by atoms with E-state index in [-0.39, 0.29) is 16.8 Å². The zero-order valence-corrected chi connectivity index (χ0v) is 8.11. The second-order valence-electron chi connectivity index (χ2n) is 2.88. The van der Waals surface area contributed by atoms with Gasteiger partial charge in [0.05, 0.1) is 16.6 Å². The number of hydrogen-bond acceptors (Lipinski definition) is 4. The van der Waals surface area contributed by atoms with E-state index in [2.05, 4.69) is 4.74 Å². The molecule has 0 aliphatic carbocycles. The van der Waals surface area contributed by atoms with E-state index in [1.165, 1.54) is 6.92 Å². The van der Waals surface area contributed by atoms with Gasteiger partial charge in [0.1, 0.15) is 6.07 Å². The first kappa shape index (κ1) is 11.8. The van der Waals surface area contributed by atoms with E-state index in [0.717, 1.165) is 12.1 Å². The summed E-state index contributed by atoms with van der Waals surface area (Å²) in [6, 6.07) is 3.58. The second-order valence-corrected chi connectivity index (χ2v) is 2.88. The molecule has 7 heteroatoms. The van der Waals surface area contributed by atoms with Gasteiger partial charge in [-0.05, 0) is 13.0 Å². The molecule has 0 spiro atoms. The minimum absolute atomic E-state index is 0.164. The third-order valence-electron chi connectivity index (χ3n) is 1.83. The lowest BCUT2D eigenvalue weighted by Gasteiger charge is -2.07. The number of ether oxygens (including phenoxy) is 1. The molecule has 0 radical (unpaired) electrons. The van der Waals surface area contributed by atoms with Gasteiger partial charge in [-0.3, -0.25) is 10.1 Å². The van der Waals surface area contributed by atoms with Gasteiger partial charge in [-0.1, -0.05) is 0 Å². The first-order valence-electron chi connectivity index (χ1n) is 4.09. The minimum Gasteiger partial charge on any atom is -0.433 e. The van der Waals surface area contributed by atoms with Crippen LogP contribution in [-0.4, -0.2) is 11.5 Å². The average molecular weight is 228 g/mol. The van der Waals surface area contributed by atoms with Gasteiger partial charge in [0.15, 0.2) is 5.75 Å². The van der Waals surface area contributed by atoms with Crippen LogP contribution < -0.4 is 4.74 Å². The Balaban J connectivity index is 3.30. The Morgan fingerprint density at radius 1 is 1.56 bits per heavy atom. The molecule has 5 nitrogen and oxygen atoms in total. The monoisotopic (exact) mass is 228 g/mol. The Morgan fingerprint density at radius 2 is 2.19 bits per heavy atom. The molecule has 0 saturated carbocycles. The Morgan fingerprint density at radius 3 is 2.62 bits per heavy atom. The molecule has 84 valence electrons. The molecule has 1 aromatic rings. The normalized spacial score (nSPS) is 9.94. The third kappa shape index (κ3) is 2.42. The molecule has 0 atom stereocenters. The van der Waals surface area contributed by atoms with Gasteiger partial charge in [-0.2, -0.15) is 14.0 Å². The van der Waals surface area contributed by atoms with Crippen LogP contribution in [0.15, 0.2) is 12.1 Å². The summed E-state index contributed by atoms with van der Waals surface area (Å²) in [5.74, 6) is -0.491. The Labute approximate surface area is 89.0 Å². The first-order valence-corrected chi connectivity index (χ1v) is 4.09. The molecule has 0 unspecified atom stereocenters. The van der Waals surface area contributed by atoms with Crippen LogP contribution in [0.1, 0.15) is 11.1 Å². The molecule has 0 aliphatic heterocycles. The molecule has 0 saturated heterocycles. The van der Waals surface area contributed by atoms with Gasteiger partial charge in [-0.25, -0.2) is 0 Å². The minimum atomic E-state index is -3.13. The lowest BCUT2D eigenvalue weighted by molar-refractivity contribution is -0.385. The molecule has 1 aromatic carbocycles. The molecule has 0 heterocycles. The summed E-state index contributed by atoms with van der Waals surface area (Å²) in [4.78, 5) is 9.81. The van der Waals surface area contributed by atoms with Crippen LogP contribution in [0.25, 0.3) is 0 Å². The van der Waals surface area contributed by atoms with Crippen molar-refractivity contribution in [3.63, 3.8) is 0 Å². The van der Waals surface area contributed by atoms with Gasteiger partial charge in [0.2, 0.25) is 0 Å². The summed E-state index contributed by atoms with van der Waals surface area (Å²) in [5, 5.41) is 19.2. The van der Waals surface area contributed by atoms with E-state index in [1.807, 2.05) is 0 Å². The zero-order valence-electron chi connectivity index (χ0n) is 8.11. The summed E-state index contributed by atoms with van der Waals surface area (Å²) in [6.07, 6.45) is 0. The Bertz CT molecular complexity index is 469. The molecule has 0 bridgehead atoms. The van der Waals surface area contributed by atoms with Crippen LogP contribution in [0.5, 0.6) is 5.75 Å². The van der Waals surface area contributed by atoms with Crippen molar-refractivity contribution in [2.24, 2.45) is 0 Å². The van der Waals surface area contributed by atoms with Crippen LogP contribution in [0.2, 0.25) is 0 Å². The van der Waals surface area contributed by atoms with Crippen molar-refractivity contribution in [1.29, 1.82) is 5.26 Å². The number of hydrogen-bond donors (Lipinski definition) is 0. The summed E-state index contributed by atoms with van der Waals surface area (Å²) in [7, 11) is 0. The van der Waals surface area contributed by atoms with Crippen LogP contribution in [0, 0.1) is 28.4 Å². The standard InChI is InChI=1S/C9H6F2N2O3/c1-5-2-6(4-12)8(16-9(10)11)3-7(5)13(14)15/h2-3,9H,1H3. The van der Waals surface area contributed by atoms with E-state index in [9.17, 15) is 18.9 Å². The molecular weight excluding hydrogens is 222 g/mol. The number of rotatable bonds is 3. The average Bonchev–Trinajstić information content (AvgIpc) is 2.18. The van der Waals surface area contributed by atoms with Gasteiger partial charge in [-0.15, -0.1) is 0 Å². The molecule has 16 heavy (non-hydrogen) atoms. The van der Waals surface area contributed by atoms with Crippen molar-refractivity contribution in [2.45, 2.75) is 13.5 Å². The molecule has 0 amide bonds. The Hall–Kier alpha value is -2.23. The van der Waals surface area contributed by atoms with E-state index in [4.69, 9.17) is 5.26 Å². The van der Waals surface area contributed by atoms with Crippen molar-refractivity contribution in [3.05, 3.63) is 33.4 Å². The molecule has 0 fully saturated rings. The lowest BCUT2D eigenvalue weighted by Crippen LogP contribution is -2.05. The maximum atomic E-state index is 12.0. The molecular formula is C9H6F2N2O3. The van der Waals surface area contributed by atoms with E-state index in [1.54, 1.807) is 6.07 Å². The maximum Gasteiger partial charge on any atom is 0.387 e. The maximum absolute atomic E-state index is 12.0. The predicted octanol–water partition coefficient (Wildman–Crippen LogP) is 2.38. The van der Waals surface area contributed by atoms with Crippen LogP contribution in [0.4, 0.5) is 14.5 Å². The number of aryl methyl sites for hydroxylation is 1. The summed E-state index contributed by atoms with van der Waals surface area (Å²) in [6.45, 7) is -1.72. The first-order chi connectivity index (χ1) is 7.45. The van der Waals surface area contributed by atoms with E-state index in [0.29, 0.717) is 0 Å². The number of benzene rings is 1. The highest BCUT2D eigenvalue weighted by molar-refractivity contribution is 5.54. The summed E-state index contributed by atoms with van der Waals surface area (Å²) >= 11 is 0. The van der Waals surface area contributed by atoms with Crippen molar-refractivity contribution >= 4 is 5.69 Å². The van der Waals surface area contributed by atoms with Gasteiger partial charge in [0.25, 0.3) is 5.69 Å². The fourth-order valence-electron chi connectivity index (χ4n) is 1.15. The highest BCUT2D eigenvalue weighted by Crippen LogP contribution is 2.29. The van der Waals surface area contributed by atoms with Gasteiger partial charge >= 0.3 is 6.61 Å². The second kappa shape index (κ2) is 4.53. The number of nitriles is 1. The summed E-state index contributed by atoms with van der Waals surface area (Å²) < 4.78 is 28.0. The van der Waals surface area contributed by atoms with Gasteiger partial charge in [0, 0.05) is 5.56 Å². The quantitative estimate of drug-likeness (QED) is 0.587. The largest absolute Gasteiger partial charge is 0.433 e. The highest BCUT2D eigenvalue weighted by atomic mass is 19.3.